The van der Waals surface area contributed by atoms with Crippen LogP contribution >= 0.6 is 0 Å². The summed E-state index contributed by atoms with van der Waals surface area (Å²) in [5.41, 5.74) is 0.783. The highest BCUT2D eigenvalue weighted by molar-refractivity contribution is 5.97. The predicted molar refractivity (Wildman–Crippen MR) is 110 cm³/mol. The Labute approximate surface area is 183 Å². The van der Waals surface area contributed by atoms with E-state index in [1.165, 1.54) is 25.0 Å². The zero-order chi connectivity index (χ0) is 22.7. The van der Waals surface area contributed by atoms with Crippen LogP contribution < -0.4 is 9.47 Å². The van der Waals surface area contributed by atoms with Gasteiger partial charge in [-0.15, -0.1) is 5.10 Å². The number of halogens is 2. The van der Waals surface area contributed by atoms with Crippen LogP contribution in [-0.4, -0.2) is 76.3 Å². The molecular formula is C21H22F2N6O3. The molecule has 168 valence electrons. The van der Waals surface area contributed by atoms with Gasteiger partial charge in [0.2, 0.25) is 0 Å². The number of nitrogens with zero attached hydrogens (tertiary/aromatic N) is 6. The van der Waals surface area contributed by atoms with Crippen molar-refractivity contribution in [3.8, 4) is 17.2 Å². The zero-order valence-electron chi connectivity index (χ0n) is 17.7. The van der Waals surface area contributed by atoms with Crippen molar-refractivity contribution in [3.05, 3.63) is 59.4 Å². The number of carbonyl (C=O) groups excluding carboxylic acids is 1. The van der Waals surface area contributed by atoms with Crippen molar-refractivity contribution in [2.45, 2.75) is 6.54 Å². The second-order valence-corrected chi connectivity index (χ2v) is 7.21. The van der Waals surface area contributed by atoms with Gasteiger partial charge in [0.15, 0.2) is 29.0 Å². The predicted octanol–water partition coefficient (Wildman–Crippen LogP) is 1.92. The molecule has 9 nitrogen and oxygen atoms in total. The minimum absolute atomic E-state index is 0.132. The van der Waals surface area contributed by atoms with Crippen LogP contribution in [0.2, 0.25) is 0 Å². The fraction of sp³-hybridized carbons (Fsp3) is 0.333. The van der Waals surface area contributed by atoms with Crippen molar-refractivity contribution < 1.29 is 23.0 Å². The van der Waals surface area contributed by atoms with Crippen LogP contribution in [0.25, 0.3) is 5.69 Å². The summed E-state index contributed by atoms with van der Waals surface area (Å²) in [6, 6.07) is 8.71. The smallest absolute Gasteiger partial charge is 0.257 e. The van der Waals surface area contributed by atoms with Gasteiger partial charge in [0, 0.05) is 32.2 Å². The van der Waals surface area contributed by atoms with Crippen molar-refractivity contribution in [1.29, 1.82) is 0 Å². The lowest BCUT2D eigenvalue weighted by atomic mass is 10.1. The third-order valence-corrected chi connectivity index (χ3v) is 5.34. The van der Waals surface area contributed by atoms with Gasteiger partial charge in [0.1, 0.15) is 0 Å². The van der Waals surface area contributed by atoms with Crippen molar-refractivity contribution in [2.24, 2.45) is 0 Å². The molecule has 0 aliphatic carbocycles. The third kappa shape index (κ3) is 4.24. The van der Waals surface area contributed by atoms with Crippen molar-refractivity contribution in [1.82, 2.24) is 30.0 Å². The van der Waals surface area contributed by atoms with Gasteiger partial charge in [-0.3, -0.25) is 9.69 Å². The number of ether oxygens (including phenoxy) is 2. The number of para-hydroxylation sites is 1. The number of carbonyl (C=O) groups is 1. The number of benzene rings is 2. The van der Waals surface area contributed by atoms with Crippen LogP contribution in [0.15, 0.2) is 36.4 Å². The molecule has 1 aliphatic rings. The summed E-state index contributed by atoms with van der Waals surface area (Å²) < 4.78 is 38.9. The highest BCUT2D eigenvalue weighted by Gasteiger charge is 2.26. The maximum atomic E-state index is 13.6. The van der Waals surface area contributed by atoms with E-state index in [2.05, 4.69) is 20.4 Å². The van der Waals surface area contributed by atoms with E-state index in [1.54, 1.807) is 23.1 Å². The Morgan fingerprint density at radius 3 is 2.50 bits per heavy atom. The number of hydrogen-bond donors (Lipinski definition) is 0. The van der Waals surface area contributed by atoms with Gasteiger partial charge in [0.05, 0.1) is 32.0 Å². The van der Waals surface area contributed by atoms with E-state index in [-0.39, 0.29) is 5.91 Å². The van der Waals surface area contributed by atoms with Crippen LogP contribution in [-0.2, 0) is 6.54 Å². The average molecular weight is 444 g/mol. The molecule has 1 fully saturated rings. The second kappa shape index (κ2) is 9.27. The Morgan fingerprint density at radius 2 is 1.81 bits per heavy atom. The van der Waals surface area contributed by atoms with Gasteiger partial charge < -0.3 is 14.4 Å². The lowest BCUT2D eigenvalue weighted by Gasteiger charge is -2.34. The maximum Gasteiger partial charge on any atom is 0.257 e. The number of piperazine rings is 1. The van der Waals surface area contributed by atoms with Crippen molar-refractivity contribution in [2.75, 3.05) is 40.4 Å². The minimum atomic E-state index is -0.968. The van der Waals surface area contributed by atoms with E-state index < -0.39 is 11.6 Å². The van der Waals surface area contributed by atoms with Crippen LogP contribution in [0, 0.1) is 11.6 Å². The maximum absolute atomic E-state index is 13.6. The largest absolute Gasteiger partial charge is 0.493 e. The molecule has 1 amide bonds. The molecule has 0 atom stereocenters. The number of methoxy groups -OCH3 is 2. The summed E-state index contributed by atoms with van der Waals surface area (Å²) in [7, 11) is 3.03. The number of rotatable bonds is 6. The van der Waals surface area contributed by atoms with Crippen LogP contribution in [0.3, 0.4) is 0 Å². The normalized spacial score (nSPS) is 14.4. The second-order valence-electron chi connectivity index (χ2n) is 7.21. The standard InChI is InChI=1S/C21H22F2N6O3/c1-31-18-5-3-4-15(20(18)32-2)21(30)28-10-8-27(9-11-28)13-19-24-25-26-29(19)14-6-7-16(22)17(23)12-14/h3-7,12H,8-11,13H2,1-2H3. The summed E-state index contributed by atoms with van der Waals surface area (Å²) >= 11 is 0. The molecule has 11 heteroatoms. The molecule has 0 unspecified atom stereocenters. The number of tetrazole rings is 1. The molecule has 0 radical (unpaired) electrons. The SMILES string of the molecule is COc1cccc(C(=O)N2CCN(Cc3nnnn3-c3ccc(F)c(F)c3)CC2)c1OC. The average Bonchev–Trinajstić information content (AvgIpc) is 3.28. The molecule has 4 rings (SSSR count). The van der Waals surface area contributed by atoms with Gasteiger partial charge in [-0.1, -0.05) is 6.07 Å². The van der Waals surface area contributed by atoms with Gasteiger partial charge in [-0.05, 0) is 34.7 Å². The highest BCUT2D eigenvalue weighted by atomic mass is 19.2. The fourth-order valence-electron chi connectivity index (χ4n) is 3.66. The molecule has 1 aliphatic heterocycles. The number of amides is 1. The first-order valence-electron chi connectivity index (χ1n) is 9.97. The van der Waals surface area contributed by atoms with E-state index in [0.717, 1.165) is 12.1 Å². The highest BCUT2D eigenvalue weighted by Crippen LogP contribution is 2.31. The third-order valence-electron chi connectivity index (χ3n) is 5.34. The first-order valence-corrected chi connectivity index (χ1v) is 9.97. The van der Waals surface area contributed by atoms with E-state index in [1.807, 2.05) is 0 Å². The van der Waals surface area contributed by atoms with Gasteiger partial charge >= 0.3 is 0 Å². The lowest BCUT2D eigenvalue weighted by Crippen LogP contribution is -2.48. The Kier molecular flexibility index (Phi) is 6.26. The summed E-state index contributed by atoms with van der Waals surface area (Å²) in [6.45, 7) is 2.61. The Bertz CT molecular complexity index is 1110. The quantitative estimate of drug-likeness (QED) is 0.574. The molecule has 1 aromatic heterocycles. The molecule has 32 heavy (non-hydrogen) atoms. The van der Waals surface area contributed by atoms with E-state index in [9.17, 15) is 13.6 Å². The minimum Gasteiger partial charge on any atom is -0.493 e. The first kappa shape index (κ1) is 21.6. The van der Waals surface area contributed by atoms with Gasteiger partial charge in [-0.2, -0.15) is 4.68 Å². The molecule has 0 spiro atoms. The van der Waals surface area contributed by atoms with E-state index in [4.69, 9.17) is 9.47 Å². The topological polar surface area (TPSA) is 85.6 Å². The number of aromatic nitrogens is 4. The molecule has 0 N–H and O–H groups in total. The summed E-state index contributed by atoms with van der Waals surface area (Å²) in [6.07, 6.45) is 0. The summed E-state index contributed by atoms with van der Waals surface area (Å²) in [4.78, 5) is 16.9. The monoisotopic (exact) mass is 444 g/mol. The van der Waals surface area contributed by atoms with Gasteiger partial charge in [0.25, 0.3) is 5.91 Å². The summed E-state index contributed by atoms with van der Waals surface area (Å²) in [5.74, 6) is -0.632. The van der Waals surface area contributed by atoms with Crippen LogP contribution in [0.5, 0.6) is 11.5 Å². The molecule has 2 aromatic carbocycles. The van der Waals surface area contributed by atoms with Gasteiger partial charge in [-0.25, -0.2) is 8.78 Å². The molecule has 0 bridgehead atoms. The number of hydrogen-bond acceptors (Lipinski definition) is 7. The Morgan fingerprint density at radius 1 is 1.03 bits per heavy atom. The van der Waals surface area contributed by atoms with Crippen molar-refractivity contribution in [3.63, 3.8) is 0 Å². The Balaban J connectivity index is 1.42. The Hall–Kier alpha value is -3.60. The van der Waals surface area contributed by atoms with Crippen LogP contribution in [0.1, 0.15) is 16.2 Å². The molecule has 1 saturated heterocycles. The molecule has 0 saturated carbocycles. The van der Waals surface area contributed by atoms with Crippen LogP contribution in [0.4, 0.5) is 8.78 Å². The molecule has 3 aromatic rings. The first-order chi connectivity index (χ1) is 15.5. The summed E-state index contributed by atoms with van der Waals surface area (Å²) in [5, 5.41) is 11.6. The molecular weight excluding hydrogens is 422 g/mol. The lowest BCUT2D eigenvalue weighted by molar-refractivity contribution is 0.0620. The van der Waals surface area contributed by atoms with Crippen molar-refractivity contribution >= 4 is 5.91 Å². The van der Waals surface area contributed by atoms with E-state index in [0.29, 0.717) is 61.3 Å². The molecule has 2 heterocycles. The van der Waals surface area contributed by atoms with E-state index >= 15 is 0 Å². The zero-order valence-corrected chi connectivity index (χ0v) is 17.7. The fourth-order valence-corrected chi connectivity index (χ4v) is 3.66.